The molecule has 6 rings (SSSR count). The van der Waals surface area contributed by atoms with Crippen LogP contribution in [0, 0.1) is 5.82 Å². The van der Waals surface area contributed by atoms with Gasteiger partial charge in [0, 0.05) is 55.6 Å². The number of nitrogens with one attached hydrogen (secondary N) is 3. The number of carboxylic acid groups (broad SMARTS) is 1. The quantitative estimate of drug-likeness (QED) is 0.168. The second-order valence-corrected chi connectivity index (χ2v) is 11.6. The molecule has 15 heteroatoms. The van der Waals surface area contributed by atoms with Crippen LogP contribution in [-0.4, -0.2) is 74.4 Å². The average Bonchev–Trinajstić information content (AvgIpc) is 3.86. The smallest absolute Gasteiger partial charge is 0.341 e. The number of aromatic nitrogens is 3. The summed E-state index contributed by atoms with van der Waals surface area (Å²) in [5, 5.41) is 14.8. The van der Waals surface area contributed by atoms with E-state index in [-0.39, 0.29) is 45.3 Å². The number of nitrogens with zero attached hydrogens (tertiary/aromatic N) is 4. The number of pyridine rings is 1. The number of H-pyrrole nitrogens is 1. The van der Waals surface area contributed by atoms with E-state index in [1.54, 1.807) is 44.7 Å². The molecule has 0 spiro atoms. The zero-order valence-electron chi connectivity index (χ0n) is 23.8. The van der Waals surface area contributed by atoms with E-state index in [0.29, 0.717) is 37.4 Å². The molecule has 1 saturated heterocycles. The Kier molecular flexibility index (Phi) is 8.26. The van der Waals surface area contributed by atoms with Gasteiger partial charge in [-0.2, -0.15) is 0 Å². The summed E-state index contributed by atoms with van der Waals surface area (Å²) in [5.41, 5.74) is -0.274. The fraction of sp³-hybridized carbons (Fsp3) is 0.267. The molecule has 2 aromatic carbocycles. The van der Waals surface area contributed by atoms with Gasteiger partial charge in [-0.05, 0) is 37.1 Å². The van der Waals surface area contributed by atoms with Crippen molar-refractivity contribution >= 4 is 57.8 Å². The summed E-state index contributed by atoms with van der Waals surface area (Å²) in [5.74, 6) is -2.19. The molecule has 0 atom stereocenters. The molecule has 2 fully saturated rings. The Labute approximate surface area is 259 Å². The Morgan fingerprint density at radius 2 is 1.76 bits per heavy atom. The number of carboxylic acids is 1. The number of aromatic carboxylic acids is 1. The molecule has 3 amide bonds. The molecular formula is C30H28FN7O6S. The number of hydrogen-bond donors (Lipinski definition) is 4. The first-order chi connectivity index (χ1) is 21.7. The molecule has 0 unspecified atom stereocenters. The predicted molar refractivity (Wildman–Crippen MR) is 167 cm³/mol. The summed E-state index contributed by atoms with van der Waals surface area (Å²) < 4.78 is 17.0. The first-order valence-electron chi connectivity index (χ1n) is 14.2. The molecule has 13 nitrogen and oxygen atoms in total. The second-order valence-electron chi connectivity index (χ2n) is 10.7. The first kappa shape index (κ1) is 29.9. The summed E-state index contributed by atoms with van der Waals surface area (Å²) in [4.78, 5) is 72.0. The van der Waals surface area contributed by atoms with E-state index in [2.05, 4.69) is 20.6 Å². The maximum Gasteiger partial charge on any atom is 0.341 e. The molecule has 0 bridgehead atoms. The lowest BCUT2D eigenvalue weighted by molar-refractivity contribution is -0.128. The van der Waals surface area contributed by atoms with E-state index in [0.717, 1.165) is 36.7 Å². The van der Waals surface area contributed by atoms with Crippen LogP contribution in [0.3, 0.4) is 0 Å². The van der Waals surface area contributed by atoms with Crippen molar-refractivity contribution in [3.63, 3.8) is 0 Å². The third kappa shape index (κ3) is 6.67. The van der Waals surface area contributed by atoms with Gasteiger partial charge in [-0.1, -0.05) is 30.0 Å². The lowest BCUT2D eigenvalue weighted by Gasteiger charge is -2.36. The number of rotatable bonds is 8. The average molecular weight is 634 g/mol. The van der Waals surface area contributed by atoms with Crippen LogP contribution in [0.25, 0.3) is 10.9 Å². The Hall–Kier alpha value is -5.18. The molecule has 3 heterocycles. The number of anilines is 3. The topological polar surface area (TPSA) is 170 Å². The molecule has 1 saturated carbocycles. The lowest BCUT2D eigenvalue weighted by atomic mass is 10.1. The summed E-state index contributed by atoms with van der Waals surface area (Å²) in [6.07, 6.45) is 3.03. The van der Waals surface area contributed by atoms with Gasteiger partial charge in [0.15, 0.2) is 5.16 Å². The van der Waals surface area contributed by atoms with Gasteiger partial charge in [-0.25, -0.2) is 19.0 Å². The molecule has 2 aromatic heterocycles. The van der Waals surface area contributed by atoms with Crippen molar-refractivity contribution < 1.29 is 23.9 Å². The second kappa shape index (κ2) is 12.4. The van der Waals surface area contributed by atoms with Gasteiger partial charge in [0.1, 0.15) is 17.2 Å². The van der Waals surface area contributed by atoms with E-state index in [1.807, 2.05) is 6.07 Å². The third-order valence-electron chi connectivity index (χ3n) is 7.57. The van der Waals surface area contributed by atoms with Gasteiger partial charge in [0.25, 0.3) is 5.56 Å². The number of urea groups is 1. The van der Waals surface area contributed by atoms with Crippen LogP contribution in [0.1, 0.15) is 29.2 Å². The van der Waals surface area contributed by atoms with Crippen LogP contribution < -0.4 is 26.5 Å². The van der Waals surface area contributed by atoms with Crippen LogP contribution in [0.5, 0.6) is 0 Å². The minimum Gasteiger partial charge on any atom is -0.477 e. The number of carbonyl (C=O) groups is 3. The molecule has 4 aromatic rings. The van der Waals surface area contributed by atoms with Crippen LogP contribution in [-0.2, 0) is 4.79 Å². The minimum absolute atomic E-state index is 0.0213. The molecule has 0 radical (unpaired) electrons. The number of hydrogen-bond acceptors (Lipinski definition) is 8. The summed E-state index contributed by atoms with van der Waals surface area (Å²) in [6.45, 7) is 1.31. The molecule has 1 aliphatic heterocycles. The van der Waals surface area contributed by atoms with Gasteiger partial charge in [-0.15, -0.1) is 0 Å². The molecule has 1 aliphatic carbocycles. The van der Waals surface area contributed by atoms with Crippen molar-refractivity contribution in [3.8, 4) is 0 Å². The predicted octanol–water partition coefficient (Wildman–Crippen LogP) is 3.34. The van der Waals surface area contributed by atoms with Gasteiger partial charge in [-0.3, -0.25) is 19.7 Å². The Morgan fingerprint density at radius 1 is 1.02 bits per heavy atom. The van der Waals surface area contributed by atoms with E-state index in [4.69, 9.17) is 0 Å². The zero-order chi connectivity index (χ0) is 31.7. The van der Waals surface area contributed by atoms with Gasteiger partial charge < -0.3 is 29.8 Å². The highest BCUT2D eigenvalue weighted by atomic mass is 32.2. The fourth-order valence-corrected chi connectivity index (χ4v) is 5.97. The SMILES string of the molecule is O=C(Nc1ccccc1)Nc1cc(=O)[nH]c(SCC(=O)N2CCN(c3cc4c(cc3F)c(=O)c(C(=O)O)cn4C3CC3)CC2)n1. The third-order valence-corrected chi connectivity index (χ3v) is 8.43. The first-order valence-corrected chi connectivity index (χ1v) is 15.2. The van der Waals surface area contributed by atoms with Crippen LogP contribution in [0.15, 0.2) is 69.5 Å². The highest BCUT2D eigenvalue weighted by Crippen LogP contribution is 2.38. The summed E-state index contributed by atoms with van der Waals surface area (Å²) >= 11 is 1.02. The van der Waals surface area contributed by atoms with Crippen molar-refractivity contribution in [1.29, 1.82) is 0 Å². The molecule has 2 aliphatic rings. The van der Waals surface area contributed by atoms with Crippen molar-refractivity contribution in [3.05, 3.63) is 86.7 Å². The standard InChI is InChI=1S/C30H28FN7O6S/c31-21-12-19-22(38(18-6-7-18)15-20(27(19)41)28(42)43)13-23(21)36-8-10-37(11-9-36)26(40)16-45-30-34-24(14-25(39)35-30)33-29(44)32-17-4-2-1-3-5-17/h1-5,12-15,18H,6-11,16H2,(H,42,43)(H3,32,33,34,35,39,44). The molecule has 45 heavy (non-hydrogen) atoms. The monoisotopic (exact) mass is 633 g/mol. The van der Waals surface area contributed by atoms with Crippen molar-refractivity contribution in [2.45, 2.75) is 24.0 Å². The Balaban J connectivity index is 1.08. The maximum atomic E-state index is 15.3. The van der Waals surface area contributed by atoms with E-state index in [1.165, 1.54) is 6.20 Å². The largest absolute Gasteiger partial charge is 0.477 e. The number of aromatic amines is 1. The number of thioether (sulfide) groups is 1. The summed E-state index contributed by atoms with van der Waals surface area (Å²) in [7, 11) is 0. The Morgan fingerprint density at radius 3 is 2.44 bits per heavy atom. The van der Waals surface area contributed by atoms with E-state index >= 15 is 4.39 Å². The number of carbonyl (C=O) groups excluding carboxylic acids is 2. The molecule has 232 valence electrons. The number of piperazine rings is 1. The van der Waals surface area contributed by atoms with Gasteiger partial charge >= 0.3 is 12.0 Å². The van der Waals surface area contributed by atoms with Crippen LogP contribution in [0.2, 0.25) is 0 Å². The van der Waals surface area contributed by atoms with Gasteiger partial charge in [0.05, 0.1) is 17.0 Å². The fourth-order valence-electron chi connectivity index (χ4n) is 5.19. The summed E-state index contributed by atoms with van der Waals surface area (Å²) in [6, 6.07) is 12.1. The lowest BCUT2D eigenvalue weighted by Crippen LogP contribution is -2.49. The highest BCUT2D eigenvalue weighted by Gasteiger charge is 2.29. The van der Waals surface area contributed by atoms with Crippen molar-refractivity contribution in [1.82, 2.24) is 19.4 Å². The maximum absolute atomic E-state index is 15.3. The normalized spacial score (nSPS) is 14.8. The van der Waals surface area contributed by atoms with Crippen LogP contribution in [0.4, 0.5) is 26.4 Å². The molecule has 4 N–H and O–H groups in total. The number of para-hydroxylation sites is 1. The number of halogens is 1. The van der Waals surface area contributed by atoms with Crippen molar-refractivity contribution in [2.75, 3.05) is 47.5 Å². The minimum atomic E-state index is -1.35. The van der Waals surface area contributed by atoms with E-state index in [9.17, 15) is 29.1 Å². The highest BCUT2D eigenvalue weighted by molar-refractivity contribution is 7.99. The number of amides is 3. The van der Waals surface area contributed by atoms with Gasteiger partial charge in [0.2, 0.25) is 11.3 Å². The molecular weight excluding hydrogens is 605 g/mol. The van der Waals surface area contributed by atoms with E-state index < -0.39 is 28.8 Å². The zero-order valence-corrected chi connectivity index (χ0v) is 24.6. The number of benzene rings is 2. The van der Waals surface area contributed by atoms with Crippen molar-refractivity contribution in [2.24, 2.45) is 0 Å². The number of fused-ring (bicyclic) bond motifs is 1. The Bertz CT molecular complexity index is 1920. The van der Waals surface area contributed by atoms with Crippen LogP contribution >= 0.6 is 11.8 Å².